The van der Waals surface area contributed by atoms with Crippen molar-refractivity contribution in [3.8, 4) is 0 Å². The molecule has 0 saturated carbocycles. The van der Waals surface area contributed by atoms with Gasteiger partial charge in [-0.05, 0) is 51.0 Å². The molecule has 0 spiro atoms. The van der Waals surface area contributed by atoms with Gasteiger partial charge < -0.3 is 15.1 Å². The number of rotatable bonds is 5. The fourth-order valence-corrected chi connectivity index (χ4v) is 3.71. The number of hydrogen-bond donors (Lipinski definition) is 1. The third kappa shape index (κ3) is 4.97. The highest BCUT2D eigenvalue weighted by Crippen LogP contribution is 2.23. The van der Waals surface area contributed by atoms with E-state index in [-0.39, 0.29) is 11.8 Å². The predicted molar refractivity (Wildman–Crippen MR) is 117 cm³/mol. The van der Waals surface area contributed by atoms with E-state index < -0.39 is 5.41 Å². The van der Waals surface area contributed by atoms with Crippen LogP contribution in [-0.4, -0.2) is 42.9 Å². The van der Waals surface area contributed by atoms with Gasteiger partial charge in [-0.15, -0.1) is 0 Å². The Kier molecular flexibility index (Phi) is 6.26. The van der Waals surface area contributed by atoms with Gasteiger partial charge in [0, 0.05) is 38.4 Å². The summed E-state index contributed by atoms with van der Waals surface area (Å²) < 4.78 is 0. The average molecular weight is 394 g/mol. The monoisotopic (exact) mass is 393 g/mol. The number of piperazine rings is 1. The minimum Gasteiger partial charge on any atom is -0.368 e. The second-order valence-electron chi connectivity index (χ2n) is 8.41. The first-order valence-electron chi connectivity index (χ1n) is 10.2. The number of benzene rings is 2. The van der Waals surface area contributed by atoms with Crippen LogP contribution in [0.4, 0.5) is 5.69 Å². The van der Waals surface area contributed by atoms with E-state index >= 15 is 0 Å². The molecule has 1 aliphatic rings. The van der Waals surface area contributed by atoms with Crippen molar-refractivity contribution in [2.24, 2.45) is 5.41 Å². The van der Waals surface area contributed by atoms with Crippen LogP contribution >= 0.6 is 0 Å². The fourth-order valence-electron chi connectivity index (χ4n) is 3.71. The van der Waals surface area contributed by atoms with Crippen molar-refractivity contribution in [3.63, 3.8) is 0 Å². The summed E-state index contributed by atoms with van der Waals surface area (Å²) in [5.74, 6) is -0.340. The van der Waals surface area contributed by atoms with Crippen LogP contribution in [-0.2, 0) is 16.1 Å². The number of nitrogens with zero attached hydrogens (tertiary/aromatic N) is 2. The molecule has 1 saturated heterocycles. The summed E-state index contributed by atoms with van der Waals surface area (Å²) in [6, 6.07) is 16.4. The van der Waals surface area contributed by atoms with Gasteiger partial charge in [-0.25, -0.2) is 0 Å². The van der Waals surface area contributed by atoms with Crippen LogP contribution in [0.25, 0.3) is 0 Å². The minimum absolute atomic E-state index is 0.108. The number of nitrogens with one attached hydrogen (secondary N) is 1. The van der Waals surface area contributed by atoms with Crippen molar-refractivity contribution in [1.29, 1.82) is 0 Å². The molecule has 29 heavy (non-hydrogen) atoms. The largest absolute Gasteiger partial charge is 0.368 e. The standard InChI is InChI=1S/C24H31N3O2/c1-18-7-5-9-20(15-18)17-25-22(28)24(3,4)23(29)27-13-11-26(12-14-27)21-10-6-8-19(2)16-21/h5-10,15-16H,11-14,17H2,1-4H3,(H,25,28). The maximum atomic E-state index is 13.1. The second-order valence-corrected chi connectivity index (χ2v) is 8.41. The van der Waals surface area contributed by atoms with Crippen molar-refractivity contribution in [2.45, 2.75) is 34.2 Å². The number of carbonyl (C=O) groups excluding carboxylic acids is 2. The van der Waals surface area contributed by atoms with Crippen molar-refractivity contribution >= 4 is 17.5 Å². The first-order valence-corrected chi connectivity index (χ1v) is 10.2. The van der Waals surface area contributed by atoms with Gasteiger partial charge in [-0.3, -0.25) is 9.59 Å². The summed E-state index contributed by atoms with van der Waals surface area (Å²) >= 11 is 0. The maximum Gasteiger partial charge on any atom is 0.237 e. The molecule has 154 valence electrons. The first kappa shape index (κ1) is 20.9. The van der Waals surface area contributed by atoms with Crippen LogP contribution in [0.5, 0.6) is 0 Å². The highest BCUT2D eigenvalue weighted by molar-refractivity contribution is 6.04. The van der Waals surface area contributed by atoms with Crippen molar-refractivity contribution in [1.82, 2.24) is 10.2 Å². The van der Waals surface area contributed by atoms with E-state index in [1.54, 1.807) is 13.8 Å². The zero-order valence-corrected chi connectivity index (χ0v) is 17.9. The highest BCUT2D eigenvalue weighted by Gasteiger charge is 2.39. The zero-order valence-electron chi connectivity index (χ0n) is 17.9. The molecule has 0 radical (unpaired) electrons. The van der Waals surface area contributed by atoms with Gasteiger partial charge in [0.1, 0.15) is 5.41 Å². The minimum atomic E-state index is -1.09. The molecule has 5 nitrogen and oxygen atoms in total. The Hall–Kier alpha value is -2.82. The van der Waals surface area contributed by atoms with Crippen LogP contribution < -0.4 is 10.2 Å². The molecule has 2 amide bonds. The number of amides is 2. The molecular formula is C24H31N3O2. The summed E-state index contributed by atoms with van der Waals surface area (Å²) in [5, 5.41) is 2.93. The zero-order chi connectivity index (χ0) is 21.0. The van der Waals surface area contributed by atoms with Gasteiger partial charge in [0.2, 0.25) is 11.8 Å². The lowest BCUT2D eigenvalue weighted by Gasteiger charge is -2.39. The summed E-state index contributed by atoms with van der Waals surface area (Å²) in [5.41, 5.74) is 3.52. The third-order valence-corrected chi connectivity index (χ3v) is 5.57. The molecule has 3 rings (SSSR count). The van der Waals surface area contributed by atoms with Gasteiger partial charge in [-0.1, -0.05) is 42.0 Å². The van der Waals surface area contributed by atoms with Crippen LogP contribution in [0, 0.1) is 19.3 Å². The Morgan fingerprint density at radius 3 is 2.17 bits per heavy atom. The molecule has 2 aromatic carbocycles. The van der Waals surface area contributed by atoms with Gasteiger partial charge in [0.25, 0.3) is 0 Å². The van der Waals surface area contributed by atoms with E-state index in [0.717, 1.165) is 24.2 Å². The van der Waals surface area contributed by atoms with Crippen LogP contribution in [0.3, 0.4) is 0 Å². The summed E-state index contributed by atoms with van der Waals surface area (Å²) in [4.78, 5) is 29.9. The van der Waals surface area contributed by atoms with E-state index in [1.807, 2.05) is 36.1 Å². The molecule has 1 N–H and O–H groups in total. The molecule has 1 fully saturated rings. The Labute approximate surface area is 173 Å². The fraction of sp³-hybridized carbons (Fsp3) is 0.417. The smallest absolute Gasteiger partial charge is 0.237 e. The maximum absolute atomic E-state index is 13.1. The SMILES string of the molecule is Cc1cccc(CNC(=O)C(C)(C)C(=O)N2CCN(c3cccc(C)c3)CC2)c1. The normalized spacial score (nSPS) is 14.6. The lowest BCUT2D eigenvalue weighted by Crippen LogP contribution is -2.55. The van der Waals surface area contributed by atoms with Crippen LogP contribution in [0.15, 0.2) is 48.5 Å². The third-order valence-electron chi connectivity index (χ3n) is 5.57. The molecule has 5 heteroatoms. The van der Waals surface area contributed by atoms with E-state index in [2.05, 4.69) is 41.4 Å². The summed E-state index contributed by atoms with van der Waals surface area (Å²) in [7, 11) is 0. The number of aryl methyl sites for hydroxylation is 2. The number of anilines is 1. The lowest BCUT2D eigenvalue weighted by molar-refractivity contribution is -0.148. The van der Waals surface area contributed by atoms with Crippen molar-refractivity contribution < 1.29 is 9.59 Å². The molecule has 0 unspecified atom stereocenters. The highest BCUT2D eigenvalue weighted by atomic mass is 16.2. The second kappa shape index (κ2) is 8.68. The van der Waals surface area contributed by atoms with E-state index in [9.17, 15) is 9.59 Å². The van der Waals surface area contributed by atoms with E-state index in [0.29, 0.717) is 19.6 Å². The average Bonchev–Trinajstić information content (AvgIpc) is 2.71. The van der Waals surface area contributed by atoms with E-state index in [1.165, 1.54) is 11.3 Å². The first-order chi connectivity index (χ1) is 13.8. The molecule has 0 aromatic heterocycles. The summed E-state index contributed by atoms with van der Waals surface area (Å²) in [6.45, 7) is 10.8. The Bertz CT molecular complexity index is 883. The van der Waals surface area contributed by atoms with Gasteiger partial charge in [0.15, 0.2) is 0 Å². The molecule has 1 aliphatic heterocycles. The van der Waals surface area contributed by atoms with Gasteiger partial charge in [0.05, 0.1) is 0 Å². The molecule has 0 atom stereocenters. The van der Waals surface area contributed by atoms with Crippen molar-refractivity contribution in [3.05, 3.63) is 65.2 Å². The molecule has 2 aromatic rings. The molecule has 0 bridgehead atoms. The van der Waals surface area contributed by atoms with Crippen LogP contribution in [0.1, 0.15) is 30.5 Å². The van der Waals surface area contributed by atoms with Crippen LogP contribution in [0.2, 0.25) is 0 Å². The van der Waals surface area contributed by atoms with Gasteiger partial charge in [-0.2, -0.15) is 0 Å². The lowest BCUT2D eigenvalue weighted by atomic mass is 9.89. The van der Waals surface area contributed by atoms with Crippen molar-refractivity contribution in [2.75, 3.05) is 31.1 Å². The molecular weight excluding hydrogens is 362 g/mol. The predicted octanol–water partition coefficient (Wildman–Crippen LogP) is 3.29. The number of carbonyl (C=O) groups is 2. The quantitative estimate of drug-likeness (QED) is 0.793. The summed E-state index contributed by atoms with van der Waals surface area (Å²) in [6.07, 6.45) is 0. The Balaban J connectivity index is 1.56. The Morgan fingerprint density at radius 2 is 1.55 bits per heavy atom. The molecule has 0 aliphatic carbocycles. The van der Waals surface area contributed by atoms with E-state index in [4.69, 9.17) is 0 Å². The number of hydrogen-bond acceptors (Lipinski definition) is 3. The molecule has 1 heterocycles. The van der Waals surface area contributed by atoms with Gasteiger partial charge >= 0.3 is 0 Å². The topological polar surface area (TPSA) is 52.7 Å². The Morgan fingerprint density at radius 1 is 0.931 bits per heavy atom.